The van der Waals surface area contributed by atoms with Crippen LogP contribution in [0.4, 0.5) is 0 Å². The zero-order valence-electron chi connectivity index (χ0n) is 10.0. The fourth-order valence-electron chi connectivity index (χ4n) is 2.12. The molecule has 3 N–H and O–H groups in total. The quantitative estimate of drug-likeness (QED) is 0.620. The molecular formula is C13H18N2O2. The molecule has 1 fully saturated rings. The van der Waals surface area contributed by atoms with Crippen LogP contribution < -0.4 is 15.2 Å². The summed E-state index contributed by atoms with van der Waals surface area (Å²) in [7, 11) is 1.60. The first-order valence-electron chi connectivity index (χ1n) is 5.90. The molecule has 0 aliphatic heterocycles. The fraction of sp³-hybridized carbons (Fsp3) is 0.462. The van der Waals surface area contributed by atoms with Crippen molar-refractivity contribution in [3.63, 3.8) is 0 Å². The molecule has 0 atom stereocenters. The van der Waals surface area contributed by atoms with Gasteiger partial charge in [0.25, 0.3) is 0 Å². The van der Waals surface area contributed by atoms with Crippen molar-refractivity contribution in [2.24, 2.45) is 5.73 Å². The van der Waals surface area contributed by atoms with Crippen molar-refractivity contribution in [2.45, 2.75) is 31.8 Å². The number of rotatable bonds is 4. The second-order valence-corrected chi connectivity index (χ2v) is 4.30. The number of methoxy groups -OCH3 is 1. The summed E-state index contributed by atoms with van der Waals surface area (Å²) in [5.41, 5.74) is 6.09. The first-order chi connectivity index (χ1) is 8.20. The average molecular weight is 234 g/mol. The van der Waals surface area contributed by atoms with Crippen LogP contribution in [0.5, 0.6) is 11.5 Å². The smallest absolute Gasteiger partial charge is 0.161 e. The molecule has 0 saturated heterocycles. The van der Waals surface area contributed by atoms with Crippen molar-refractivity contribution in [3.8, 4) is 11.5 Å². The number of nitrogen functional groups attached to an aromatic ring is 1. The van der Waals surface area contributed by atoms with Crippen molar-refractivity contribution in [1.82, 2.24) is 0 Å². The van der Waals surface area contributed by atoms with Gasteiger partial charge in [-0.2, -0.15) is 0 Å². The standard InChI is InChI=1S/C13H18N2O2/c1-16-12-8-9(13(14)15)6-7-11(12)17-10-4-2-3-5-10/h6-8,10H,2-5H2,1H3,(H3,14,15). The summed E-state index contributed by atoms with van der Waals surface area (Å²) in [6, 6.07) is 5.36. The van der Waals surface area contributed by atoms with Crippen LogP contribution in [-0.2, 0) is 0 Å². The lowest BCUT2D eigenvalue weighted by Crippen LogP contribution is -2.13. The summed E-state index contributed by atoms with van der Waals surface area (Å²) in [6.45, 7) is 0. The molecule has 0 radical (unpaired) electrons. The van der Waals surface area contributed by atoms with E-state index in [-0.39, 0.29) is 5.84 Å². The highest BCUT2D eigenvalue weighted by Crippen LogP contribution is 2.32. The van der Waals surface area contributed by atoms with E-state index in [1.54, 1.807) is 19.2 Å². The SMILES string of the molecule is COc1cc(C(=N)N)ccc1OC1CCCC1. The molecule has 0 unspecified atom stereocenters. The third-order valence-electron chi connectivity index (χ3n) is 3.07. The first kappa shape index (κ1) is 11.8. The predicted octanol–water partition coefficient (Wildman–Crippen LogP) is 2.30. The van der Waals surface area contributed by atoms with Crippen molar-refractivity contribution in [3.05, 3.63) is 23.8 Å². The molecule has 0 spiro atoms. The van der Waals surface area contributed by atoms with E-state index in [2.05, 4.69) is 0 Å². The van der Waals surface area contributed by atoms with E-state index >= 15 is 0 Å². The Balaban J connectivity index is 2.18. The third kappa shape index (κ3) is 2.70. The number of nitrogens with one attached hydrogen (secondary N) is 1. The van der Waals surface area contributed by atoms with E-state index in [9.17, 15) is 0 Å². The zero-order valence-corrected chi connectivity index (χ0v) is 10.0. The van der Waals surface area contributed by atoms with Gasteiger partial charge in [0.2, 0.25) is 0 Å². The largest absolute Gasteiger partial charge is 0.493 e. The Bertz CT molecular complexity index is 412. The minimum absolute atomic E-state index is 0.0377. The average Bonchev–Trinajstić information content (AvgIpc) is 2.82. The van der Waals surface area contributed by atoms with Crippen LogP contribution >= 0.6 is 0 Å². The number of hydrogen-bond acceptors (Lipinski definition) is 3. The number of hydrogen-bond donors (Lipinski definition) is 2. The number of nitrogens with two attached hydrogens (primary N) is 1. The van der Waals surface area contributed by atoms with E-state index in [0.717, 1.165) is 18.6 Å². The monoisotopic (exact) mass is 234 g/mol. The molecule has 17 heavy (non-hydrogen) atoms. The summed E-state index contributed by atoms with van der Waals surface area (Å²) >= 11 is 0. The van der Waals surface area contributed by atoms with Gasteiger partial charge < -0.3 is 15.2 Å². The highest BCUT2D eigenvalue weighted by atomic mass is 16.5. The van der Waals surface area contributed by atoms with Crippen molar-refractivity contribution in [2.75, 3.05) is 7.11 Å². The van der Waals surface area contributed by atoms with E-state index in [1.807, 2.05) is 6.07 Å². The summed E-state index contributed by atoms with van der Waals surface area (Å²) in [6.07, 6.45) is 4.98. The van der Waals surface area contributed by atoms with Gasteiger partial charge >= 0.3 is 0 Å². The molecule has 1 aliphatic rings. The molecule has 92 valence electrons. The molecule has 4 heteroatoms. The summed E-state index contributed by atoms with van der Waals surface area (Å²) in [4.78, 5) is 0. The van der Waals surface area contributed by atoms with Crippen LogP contribution in [-0.4, -0.2) is 19.0 Å². The second kappa shape index (κ2) is 5.08. The Morgan fingerprint density at radius 2 is 2.00 bits per heavy atom. The third-order valence-corrected chi connectivity index (χ3v) is 3.07. The summed E-state index contributed by atoms with van der Waals surface area (Å²) in [5.74, 6) is 1.42. The van der Waals surface area contributed by atoms with Gasteiger partial charge in [0.15, 0.2) is 11.5 Å². The summed E-state index contributed by atoms with van der Waals surface area (Å²) < 4.78 is 11.2. The lowest BCUT2D eigenvalue weighted by Gasteiger charge is -2.16. The molecule has 1 saturated carbocycles. The summed E-state index contributed by atoms with van der Waals surface area (Å²) in [5, 5.41) is 7.38. The molecule has 1 aromatic rings. The van der Waals surface area contributed by atoms with E-state index in [0.29, 0.717) is 17.4 Å². The van der Waals surface area contributed by atoms with Gasteiger partial charge in [-0.15, -0.1) is 0 Å². The molecule has 0 heterocycles. The van der Waals surface area contributed by atoms with Crippen LogP contribution in [0.15, 0.2) is 18.2 Å². The predicted molar refractivity (Wildman–Crippen MR) is 66.9 cm³/mol. The zero-order chi connectivity index (χ0) is 12.3. The van der Waals surface area contributed by atoms with E-state index in [4.69, 9.17) is 20.6 Å². The highest BCUT2D eigenvalue weighted by molar-refractivity contribution is 5.95. The molecule has 1 aliphatic carbocycles. The van der Waals surface area contributed by atoms with Gasteiger partial charge in [-0.3, -0.25) is 5.41 Å². The van der Waals surface area contributed by atoms with Gasteiger partial charge in [-0.05, 0) is 43.9 Å². The van der Waals surface area contributed by atoms with Crippen molar-refractivity contribution < 1.29 is 9.47 Å². The number of benzene rings is 1. The molecule has 0 aromatic heterocycles. The Kier molecular flexibility index (Phi) is 3.52. The Morgan fingerprint density at radius 3 is 2.59 bits per heavy atom. The second-order valence-electron chi connectivity index (χ2n) is 4.30. The van der Waals surface area contributed by atoms with Crippen molar-refractivity contribution in [1.29, 1.82) is 5.41 Å². The van der Waals surface area contributed by atoms with Crippen LogP contribution in [0.25, 0.3) is 0 Å². The van der Waals surface area contributed by atoms with Gasteiger partial charge in [0.05, 0.1) is 13.2 Å². The maximum absolute atomic E-state index is 7.38. The fourth-order valence-corrected chi connectivity index (χ4v) is 2.12. The van der Waals surface area contributed by atoms with Crippen LogP contribution in [0.3, 0.4) is 0 Å². The molecule has 0 amide bonds. The molecule has 1 aromatic carbocycles. The minimum atomic E-state index is 0.0377. The maximum Gasteiger partial charge on any atom is 0.161 e. The van der Waals surface area contributed by atoms with E-state index < -0.39 is 0 Å². The Morgan fingerprint density at radius 1 is 1.29 bits per heavy atom. The minimum Gasteiger partial charge on any atom is -0.493 e. The van der Waals surface area contributed by atoms with Gasteiger partial charge in [0.1, 0.15) is 5.84 Å². The number of ether oxygens (including phenoxy) is 2. The Hall–Kier alpha value is -1.71. The molecule has 4 nitrogen and oxygen atoms in total. The lowest BCUT2D eigenvalue weighted by atomic mass is 10.2. The van der Waals surface area contributed by atoms with Crippen LogP contribution in [0, 0.1) is 5.41 Å². The van der Waals surface area contributed by atoms with Crippen LogP contribution in [0.1, 0.15) is 31.2 Å². The number of amidine groups is 1. The first-order valence-corrected chi connectivity index (χ1v) is 5.90. The lowest BCUT2D eigenvalue weighted by molar-refractivity contribution is 0.201. The van der Waals surface area contributed by atoms with Gasteiger partial charge in [-0.1, -0.05) is 0 Å². The normalized spacial score (nSPS) is 15.8. The molecule has 2 rings (SSSR count). The van der Waals surface area contributed by atoms with Crippen molar-refractivity contribution >= 4 is 5.84 Å². The maximum atomic E-state index is 7.38. The highest BCUT2D eigenvalue weighted by Gasteiger charge is 2.18. The Labute approximate surface area is 101 Å². The molecular weight excluding hydrogens is 216 g/mol. The van der Waals surface area contributed by atoms with Crippen LogP contribution in [0.2, 0.25) is 0 Å². The van der Waals surface area contributed by atoms with Gasteiger partial charge in [0, 0.05) is 5.56 Å². The van der Waals surface area contributed by atoms with E-state index in [1.165, 1.54) is 12.8 Å². The topological polar surface area (TPSA) is 68.3 Å². The molecule has 0 bridgehead atoms. The van der Waals surface area contributed by atoms with Gasteiger partial charge in [-0.25, -0.2) is 0 Å².